The van der Waals surface area contributed by atoms with Gasteiger partial charge < -0.3 is 9.63 Å². The molecule has 1 aromatic rings. The number of hydrogen-bond acceptors (Lipinski definition) is 4. The minimum atomic E-state index is -0.418. The van der Waals surface area contributed by atoms with E-state index < -0.39 is 5.60 Å². The van der Waals surface area contributed by atoms with Crippen LogP contribution in [0.4, 0.5) is 0 Å². The number of aromatic nitrogens is 1. The van der Waals surface area contributed by atoms with Gasteiger partial charge in [0.2, 0.25) is 0 Å². The van der Waals surface area contributed by atoms with E-state index in [-0.39, 0.29) is 0 Å². The van der Waals surface area contributed by atoms with Gasteiger partial charge in [-0.2, -0.15) is 0 Å². The highest BCUT2D eigenvalue weighted by Crippen LogP contribution is 2.32. The molecule has 0 spiro atoms. The molecule has 4 nitrogen and oxygen atoms in total. The average molecular weight is 266 g/mol. The fraction of sp³-hybridized carbons (Fsp3) is 0.800. The summed E-state index contributed by atoms with van der Waals surface area (Å²) in [6.45, 7) is 5.88. The molecule has 19 heavy (non-hydrogen) atoms. The molecule has 0 unspecified atom stereocenters. The first-order valence-corrected chi connectivity index (χ1v) is 7.35. The second-order valence-electron chi connectivity index (χ2n) is 6.29. The molecular formula is C15H26N2O2. The molecule has 1 heterocycles. The lowest BCUT2D eigenvalue weighted by molar-refractivity contribution is 0.0291. The fourth-order valence-electron chi connectivity index (χ4n) is 2.70. The molecule has 0 saturated heterocycles. The molecule has 0 atom stereocenters. The molecule has 1 aliphatic carbocycles. The molecule has 2 rings (SSSR count). The van der Waals surface area contributed by atoms with Crippen LogP contribution >= 0.6 is 0 Å². The largest absolute Gasteiger partial charge is 0.390 e. The molecule has 4 heteroatoms. The van der Waals surface area contributed by atoms with Crippen molar-refractivity contribution in [2.75, 3.05) is 13.6 Å². The molecule has 0 aliphatic heterocycles. The lowest BCUT2D eigenvalue weighted by Gasteiger charge is -2.25. The summed E-state index contributed by atoms with van der Waals surface area (Å²) >= 11 is 0. The Bertz CT molecular complexity index is 395. The van der Waals surface area contributed by atoms with Crippen molar-refractivity contribution in [1.29, 1.82) is 0 Å². The van der Waals surface area contributed by atoms with Gasteiger partial charge in [0.1, 0.15) is 0 Å². The molecule has 0 bridgehead atoms. The number of rotatable bonds is 6. The van der Waals surface area contributed by atoms with E-state index in [9.17, 15) is 5.11 Å². The Hall–Kier alpha value is -0.870. The number of hydrogen-bond donors (Lipinski definition) is 1. The van der Waals surface area contributed by atoms with E-state index in [2.05, 4.69) is 31.0 Å². The maximum Gasteiger partial charge on any atom is 0.150 e. The molecule has 1 fully saturated rings. The Morgan fingerprint density at radius 3 is 2.68 bits per heavy atom. The second kappa shape index (κ2) is 6.06. The maximum atomic E-state index is 10.3. The topological polar surface area (TPSA) is 49.5 Å². The molecule has 1 saturated carbocycles. The van der Waals surface area contributed by atoms with Crippen LogP contribution in [-0.2, 0) is 6.54 Å². The molecule has 0 aromatic carbocycles. The Morgan fingerprint density at radius 2 is 2.11 bits per heavy atom. The van der Waals surface area contributed by atoms with Gasteiger partial charge in [-0.05, 0) is 32.2 Å². The average Bonchev–Trinajstić information content (AvgIpc) is 2.97. The van der Waals surface area contributed by atoms with Crippen LogP contribution in [0.2, 0.25) is 0 Å². The molecule has 1 N–H and O–H groups in total. The standard InChI is InChI=1S/C15H26N2O2/c1-12(2)14-10-13(19-16-14)11-17(3)9-8-15(18)6-4-5-7-15/h10,12,18H,4-9,11H2,1-3H3. The van der Waals surface area contributed by atoms with Gasteiger partial charge in [0.25, 0.3) is 0 Å². The minimum Gasteiger partial charge on any atom is -0.390 e. The van der Waals surface area contributed by atoms with Gasteiger partial charge in [-0.15, -0.1) is 0 Å². The highest BCUT2D eigenvalue weighted by Gasteiger charge is 2.30. The van der Waals surface area contributed by atoms with Crippen molar-refractivity contribution in [1.82, 2.24) is 10.1 Å². The molecule has 108 valence electrons. The van der Waals surface area contributed by atoms with E-state index in [1.165, 1.54) is 12.8 Å². The molecule has 0 radical (unpaired) electrons. The molecule has 1 aliphatic rings. The summed E-state index contributed by atoms with van der Waals surface area (Å²) in [5.74, 6) is 1.31. The Morgan fingerprint density at radius 1 is 1.42 bits per heavy atom. The zero-order chi connectivity index (χ0) is 13.9. The third kappa shape index (κ3) is 4.05. The van der Waals surface area contributed by atoms with Gasteiger partial charge in [0, 0.05) is 12.6 Å². The maximum absolute atomic E-state index is 10.3. The van der Waals surface area contributed by atoms with Crippen molar-refractivity contribution < 1.29 is 9.63 Å². The monoisotopic (exact) mass is 266 g/mol. The van der Waals surface area contributed by atoms with Crippen molar-refractivity contribution in [2.24, 2.45) is 0 Å². The first-order valence-electron chi connectivity index (χ1n) is 7.35. The predicted octanol–water partition coefficient (Wildman–Crippen LogP) is 2.93. The number of nitrogens with zero attached hydrogens (tertiary/aromatic N) is 2. The third-order valence-corrected chi connectivity index (χ3v) is 4.09. The van der Waals surface area contributed by atoms with Gasteiger partial charge >= 0.3 is 0 Å². The van der Waals surface area contributed by atoms with Crippen LogP contribution in [0.25, 0.3) is 0 Å². The van der Waals surface area contributed by atoms with Crippen LogP contribution in [0, 0.1) is 0 Å². The lowest BCUT2D eigenvalue weighted by atomic mass is 9.98. The quantitative estimate of drug-likeness (QED) is 0.860. The predicted molar refractivity (Wildman–Crippen MR) is 75.0 cm³/mol. The SMILES string of the molecule is CC(C)c1cc(CN(C)CCC2(O)CCCC2)on1. The Labute approximate surface area is 115 Å². The van der Waals surface area contributed by atoms with Gasteiger partial charge in [-0.25, -0.2) is 0 Å². The number of aliphatic hydroxyl groups is 1. The van der Waals surface area contributed by atoms with E-state index in [1.807, 2.05) is 6.07 Å². The van der Waals surface area contributed by atoms with Gasteiger partial charge in [0.05, 0.1) is 17.8 Å². The van der Waals surface area contributed by atoms with Crippen LogP contribution in [0.3, 0.4) is 0 Å². The van der Waals surface area contributed by atoms with Crippen molar-refractivity contribution in [2.45, 2.75) is 64.0 Å². The summed E-state index contributed by atoms with van der Waals surface area (Å²) in [5, 5.41) is 14.4. The summed E-state index contributed by atoms with van der Waals surface area (Å²) in [6.07, 6.45) is 5.11. The fourth-order valence-corrected chi connectivity index (χ4v) is 2.70. The Kier molecular flexibility index (Phi) is 4.63. The van der Waals surface area contributed by atoms with E-state index in [0.717, 1.165) is 43.8 Å². The zero-order valence-electron chi connectivity index (χ0n) is 12.4. The van der Waals surface area contributed by atoms with Crippen molar-refractivity contribution >= 4 is 0 Å². The van der Waals surface area contributed by atoms with Crippen molar-refractivity contribution in [3.8, 4) is 0 Å². The van der Waals surface area contributed by atoms with Gasteiger partial charge in [-0.1, -0.05) is 31.8 Å². The third-order valence-electron chi connectivity index (χ3n) is 4.09. The van der Waals surface area contributed by atoms with E-state index in [0.29, 0.717) is 5.92 Å². The van der Waals surface area contributed by atoms with Gasteiger partial charge in [0.15, 0.2) is 5.76 Å². The zero-order valence-corrected chi connectivity index (χ0v) is 12.4. The molecule has 1 aromatic heterocycles. The lowest BCUT2D eigenvalue weighted by Crippen LogP contribution is -2.30. The normalized spacial score (nSPS) is 18.6. The van der Waals surface area contributed by atoms with Crippen LogP contribution in [0.5, 0.6) is 0 Å². The first kappa shape index (κ1) is 14.5. The molecule has 0 amide bonds. The van der Waals surface area contributed by atoms with E-state index in [4.69, 9.17) is 4.52 Å². The van der Waals surface area contributed by atoms with E-state index >= 15 is 0 Å². The van der Waals surface area contributed by atoms with E-state index in [1.54, 1.807) is 0 Å². The summed E-state index contributed by atoms with van der Waals surface area (Å²) in [5.41, 5.74) is 0.594. The first-order chi connectivity index (χ1) is 8.98. The summed E-state index contributed by atoms with van der Waals surface area (Å²) in [6, 6.07) is 2.03. The molecular weight excluding hydrogens is 240 g/mol. The van der Waals surface area contributed by atoms with Crippen molar-refractivity contribution in [3.05, 3.63) is 17.5 Å². The summed E-state index contributed by atoms with van der Waals surface area (Å²) < 4.78 is 5.34. The van der Waals surface area contributed by atoms with Crippen LogP contribution in [0.15, 0.2) is 10.6 Å². The highest BCUT2D eigenvalue weighted by atomic mass is 16.5. The van der Waals surface area contributed by atoms with Gasteiger partial charge in [-0.3, -0.25) is 4.90 Å². The smallest absolute Gasteiger partial charge is 0.150 e. The van der Waals surface area contributed by atoms with Crippen LogP contribution in [-0.4, -0.2) is 34.4 Å². The summed E-state index contributed by atoms with van der Waals surface area (Å²) in [4.78, 5) is 2.20. The summed E-state index contributed by atoms with van der Waals surface area (Å²) in [7, 11) is 2.07. The Balaban J connectivity index is 1.78. The second-order valence-corrected chi connectivity index (χ2v) is 6.29. The highest BCUT2D eigenvalue weighted by molar-refractivity contribution is 5.08. The van der Waals surface area contributed by atoms with Crippen molar-refractivity contribution in [3.63, 3.8) is 0 Å². The van der Waals surface area contributed by atoms with Crippen LogP contribution in [0.1, 0.15) is 63.3 Å². The minimum absolute atomic E-state index is 0.405. The van der Waals surface area contributed by atoms with Crippen LogP contribution < -0.4 is 0 Å².